The Kier molecular flexibility index (Phi) is 4.40. The van der Waals surface area contributed by atoms with Gasteiger partial charge in [-0.15, -0.1) is 0 Å². The molecule has 0 saturated heterocycles. The molecule has 0 bridgehead atoms. The Bertz CT molecular complexity index is 883. The molecule has 0 spiro atoms. The van der Waals surface area contributed by atoms with Crippen molar-refractivity contribution in [3.8, 4) is 5.69 Å². The zero-order valence-corrected chi connectivity index (χ0v) is 14.4. The van der Waals surface area contributed by atoms with E-state index in [1.165, 1.54) is 0 Å². The zero-order valence-electron chi connectivity index (χ0n) is 13.7. The van der Waals surface area contributed by atoms with Crippen molar-refractivity contribution >= 4 is 23.3 Å². The fourth-order valence-corrected chi connectivity index (χ4v) is 2.78. The van der Waals surface area contributed by atoms with E-state index in [2.05, 4.69) is 15.5 Å². The highest BCUT2D eigenvalue weighted by atomic mass is 35.5. The lowest BCUT2D eigenvalue weighted by Crippen LogP contribution is -2.26. The highest BCUT2D eigenvalue weighted by Gasteiger charge is 2.19. The van der Waals surface area contributed by atoms with Gasteiger partial charge in [0.05, 0.1) is 17.6 Å². The molecule has 3 aromatic rings. The van der Waals surface area contributed by atoms with Gasteiger partial charge in [-0.2, -0.15) is 10.2 Å². The van der Waals surface area contributed by atoms with Gasteiger partial charge < -0.3 is 5.32 Å². The Labute approximate surface area is 145 Å². The second kappa shape index (κ2) is 6.49. The van der Waals surface area contributed by atoms with Crippen molar-refractivity contribution in [2.24, 2.45) is 0 Å². The molecule has 0 saturated carbocycles. The van der Waals surface area contributed by atoms with Crippen molar-refractivity contribution in [3.63, 3.8) is 0 Å². The lowest BCUT2D eigenvalue weighted by molar-refractivity contribution is -0.119. The molecule has 1 N–H and O–H groups in total. The Hall–Kier alpha value is -2.60. The third kappa shape index (κ3) is 3.19. The Morgan fingerprint density at radius 2 is 2.04 bits per heavy atom. The summed E-state index contributed by atoms with van der Waals surface area (Å²) < 4.78 is 3.35. The van der Waals surface area contributed by atoms with Gasteiger partial charge in [-0.05, 0) is 45.0 Å². The molecule has 0 fully saturated rings. The molecule has 2 heterocycles. The summed E-state index contributed by atoms with van der Waals surface area (Å²) in [5, 5.41) is 12.1. The molecule has 2 aromatic heterocycles. The van der Waals surface area contributed by atoms with E-state index >= 15 is 0 Å². The van der Waals surface area contributed by atoms with Gasteiger partial charge in [0.15, 0.2) is 0 Å². The first kappa shape index (κ1) is 16.3. The maximum absolute atomic E-state index is 12.6. The SMILES string of the molecule is Cc1cc(C)n(C(C)C(=O)Nc2ccnn2-c2cccc(Cl)c2)n1. The monoisotopic (exact) mass is 343 g/mol. The van der Waals surface area contributed by atoms with Gasteiger partial charge in [0.25, 0.3) is 0 Å². The molecular weight excluding hydrogens is 326 g/mol. The number of carbonyl (C=O) groups excluding carboxylic acids is 1. The topological polar surface area (TPSA) is 64.7 Å². The number of nitrogens with zero attached hydrogens (tertiary/aromatic N) is 4. The second-order valence-corrected chi connectivity index (χ2v) is 6.08. The molecule has 6 nitrogen and oxygen atoms in total. The van der Waals surface area contributed by atoms with Crippen LogP contribution in [0, 0.1) is 13.8 Å². The fourth-order valence-electron chi connectivity index (χ4n) is 2.59. The first-order valence-electron chi connectivity index (χ1n) is 7.59. The summed E-state index contributed by atoms with van der Waals surface area (Å²) >= 11 is 6.03. The predicted octanol–water partition coefficient (Wildman–Crippen LogP) is 3.54. The number of benzene rings is 1. The van der Waals surface area contributed by atoms with E-state index in [0.29, 0.717) is 10.8 Å². The summed E-state index contributed by atoms with van der Waals surface area (Å²) in [7, 11) is 0. The van der Waals surface area contributed by atoms with Crippen LogP contribution in [0.4, 0.5) is 5.82 Å². The predicted molar refractivity (Wildman–Crippen MR) is 93.6 cm³/mol. The van der Waals surface area contributed by atoms with E-state index in [-0.39, 0.29) is 5.91 Å². The Morgan fingerprint density at radius 1 is 1.25 bits per heavy atom. The average molecular weight is 344 g/mol. The molecule has 24 heavy (non-hydrogen) atoms. The molecule has 1 atom stereocenters. The largest absolute Gasteiger partial charge is 0.309 e. The lowest BCUT2D eigenvalue weighted by atomic mass is 10.3. The minimum Gasteiger partial charge on any atom is -0.309 e. The first-order chi connectivity index (χ1) is 11.5. The number of anilines is 1. The number of carbonyl (C=O) groups is 1. The normalized spacial score (nSPS) is 12.2. The van der Waals surface area contributed by atoms with E-state index in [4.69, 9.17) is 11.6 Å². The summed E-state index contributed by atoms with van der Waals surface area (Å²) in [4.78, 5) is 12.6. The molecule has 1 aromatic carbocycles. The van der Waals surface area contributed by atoms with Gasteiger partial charge in [-0.25, -0.2) is 4.68 Å². The molecule has 124 valence electrons. The second-order valence-electron chi connectivity index (χ2n) is 5.65. The van der Waals surface area contributed by atoms with E-state index in [9.17, 15) is 4.79 Å². The molecule has 3 rings (SSSR count). The van der Waals surface area contributed by atoms with Crippen LogP contribution < -0.4 is 5.32 Å². The van der Waals surface area contributed by atoms with Gasteiger partial charge in [0.2, 0.25) is 5.91 Å². The standard InChI is InChI=1S/C17H18ClN5O/c1-11-9-12(2)22(21-11)13(3)17(24)20-16-7-8-19-23(16)15-6-4-5-14(18)10-15/h4-10,13H,1-3H3,(H,20,24). The Balaban J connectivity index is 1.83. The van der Waals surface area contributed by atoms with Crippen LogP contribution in [0.3, 0.4) is 0 Å². The molecule has 7 heteroatoms. The third-order valence-electron chi connectivity index (χ3n) is 3.74. The molecular formula is C17H18ClN5O. The molecule has 0 aliphatic heterocycles. The summed E-state index contributed by atoms with van der Waals surface area (Å²) in [6.45, 7) is 5.65. The number of amides is 1. The number of aromatic nitrogens is 4. The van der Waals surface area contributed by atoms with Gasteiger partial charge in [-0.3, -0.25) is 9.48 Å². The summed E-state index contributed by atoms with van der Waals surface area (Å²) in [5.41, 5.74) is 2.61. The van der Waals surface area contributed by atoms with Crippen molar-refractivity contribution in [2.45, 2.75) is 26.8 Å². The number of aryl methyl sites for hydroxylation is 2. The number of hydrogen-bond donors (Lipinski definition) is 1. The van der Waals surface area contributed by atoms with Crippen LogP contribution in [0.25, 0.3) is 5.69 Å². The number of hydrogen-bond acceptors (Lipinski definition) is 3. The quantitative estimate of drug-likeness (QED) is 0.788. The van der Waals surface area contributed by atoms with Crippen LogP contribution in [-0.4, -0.2) is 25.5 Å². The van der Waals surface area contributed by atoms with Crippen LogP contribution >= 0.6 is 11.6 Å². The van der Waals surface area contributed by atoms with Crippen molar-refractivity contribution < 1.29 is 4.79 Å². The van der Waals surface area contributed by atoms with Gasteiger partial charge in [-0.1, -0.05) is 17.7 Å². The maximum Gasteiger partial charge on any atom is 0.250 e. The van der Waals surface area contributed by atoms with Gasteiger partial charge in [0.1, 0.15) is 11.9 Å². The smallest absolute Gasteiger partial charge is 0.250 e. The number of halogens is 1. The highest BCUT2D eigenvalue weighted by molar-refractivity contribution is 6.30. The van der Waals surface area contributed by atoms with Crippen LogP contribution in [0.1, 0.15) is 24.4 Å². The third-order valence-corrected chi connectivity index (χ3v) is 3.97. The van der Waals surface area contributed by atoms with Crippen molar-refractivity contribution in [1.29, 1.82) is 0 Å². The van der Waals surface area contributed by atoms with E-state index in [0.717, 1.165) is 17.1 Å². The van der Waals surface area contributed by atoms with Gasteiger partial charge >= 0.3 is 0 Å². The minimum atomic E-state index is -0.429. The average Bonchev–Trinajstić information content (AvgIpc) is 3.12. The number of rotatable bonds is 4. The van der Waals surface area contributed by atoms with Crippen LogP contribution in [0.15, 0.2) is 42.6 Å². The summed E-state index contributed by atoms with van der Waals surface area (Å²) in [5.74, 6) is 0.417. The van der Waals surface area contributed by atoms with Crippen LogP contribution in [-0.2, 0) is 4.79 Å². The van der Waals surface area contributed by atoms with E-state index in [1.54, 1.807) is 33.8 Å². The van der Waals surface area contributed by atoms with E-state index in [1.807, 2.05) is 39.0 Å². The minimum absolute atomic E-state index is 0.162. The van der Waals surface area contributed by atoms with Crippen molar-refractivity contribution in [3.05, 3.63) is 59.0 Å². The molecule has 0 aliphatic carbocycles. The summed E-state index contributed by atoms with van der Waals surface area (Å²) in [6, 6.07) is 10.5. The van der Waals surface area contributed by atoms with Crippen molar-refractivity contribution in [1.82, 2.24) is 19.6 Å². The number of nitrogens with one attached hydrogen (secondary N) is 1. The molecule has 1 amide bonds. The Morgan fingerprint density at radius 3 is 2.71 bits per heavy atom. The maximum atomic E-state index is 12.6. The molecule has 0 radical (unpaired) electrons. The summed E-state index contributed by atoms with van der Waals surface area (Å²) in [6.07, 6.45) is 1.63. The van der Waals surface area contributed by atoms with Crippen LogP contribution in [0.5, 0.6) is 0 Å². The van der Waals surface area contributed by atoms with Crippen LogP contribution in [0.2, 0.25) is 5.02 Å². The lowest BCUT2D eigenvalue weighted by Gasteiger charge is -2.15. The highest BCUT2D eigenvalue weighted by Crippen LogP contribution is 2.20. The molecule has 1 unspecified atom stereocenters. The first-order valence-corrected chi connectivity index (χ1v) is 7.97. The fraction of sp³-hybridized carbons (Fsp3) is 0.235. The van der Waals surface area contributed by atoms with Crippen molar-refractivity contribution in [2.75, 3.05) is 5.32 Å². The van der Waals surface area contributed by atoms with Gasteiger partial charge in [0, 0.05) is 16.8 Å². The molecule has 0 aliphatic rings. The zero-order chi connectivity index (χ0) is 17.3. The van der Waals surface area contributed by atoms with E-state index < -0.39 is 6.04 Å².